The van der Waals surface area contributed by atoms with E-state index in [1.165, 1.54) is 0 Å². The number of nitrogens with zero attached hydrogens (tertiary/aromatic N) is 2. The van der Waals surface area contributed by atoms with Crippen LogP contribution in [-0.2, 0) is 14.2 Å². The van der Waals surface area contributed by atoms with E-state index in [9.17, 15) is 0 Å². The van der Waals surface area contributed by atoms with Crippen LogP contribution in [0.4, 0.5) is 0 Å². The highest BCUT2D eigenvalue weighted by atomic mass is 16.7. The molecule has 0 aromatic carbocycles. The molecule has 0 rings (SSSR count). The molecule has 0 aromatic heterocycles. The molecule has 0 bridgehead atoms. The molecule has 5 heteroatoms. The summed E-state index contributed by atoms with van der Waals surface area (Å²) < 4.78 is 14.6. The maximum absolute atomic E-state index is 8.14. The molecule has 0 aliphatic rings. The Balaban J connectivity index is 2.85. The average molecular weight is 184 g/mol. The van der Waals surface area contributed by atoms with Crippen molar-refractivity contribution < 1.29 is 14.2 Å². The summed E-state index contributed by atoms with van der Waals surface area (Å²) >= 11 is 0. The smallest absolute Gasteiger partial charge is 0.149 e. The van der Waals surface area contributed by atoms with Gasteiger partial charge in [0, 0.05) is 0 Å². The zero-order valence-corrected chi connectivity index (χ0v) is 7.36. The topological polar surface area (TPSA) is 75.3 Å². The van der Waals surface area contributed by atoms with Gasteiger partial charge < -0.3 is 14.2 Å². The summed E-state index contributed by atoms with van der Waals surface area (Å²) in [4.78, 5) is 0. The molecule has 0 spiro atoms. The maximum Gasteiger partial charge on any atom is 0.149 e. The normalized spacial score (nSPS) is 9.08. The fourth-order valence-corrected chi connectivity index (χ4v) is 0.505. The van der Waals surface area contributed by atoms with Crippen LogP contribution in [0.3, 0.4) is 0 Å². The van der Waals surface area contributed by atoms with Gasteiger partial charge in [-0.05, 0) is 0 Å². The molecular weight excluding hydrogens is 172 g/mol. The van der Waals surface area contributed by atoms with Crippen molar-refractivity contribution in [1.29, 1.82) is 10.5 Å². The van der Waals surface area contributed by atoms with Crippen LogP contribution in [0.5, 0.6) is 0 Å². The van der Waals surface area contributed by atoms with E-state index in [4.69, 9.17) is 24.7 Å². The lowest BCUT2D eigenvalue weighted by Gasteiger charge is -2.03. The summed E-state index contributed by atoms with van der Waals surface area (Å²) in [5, 5.41) is 16.3. The SMILES string of the molecule is N#CCCOCOCOCCC#N. The van der Waals surface area contributed by atoms with Gasteiger partial charge in [0.05, 0.1) is 38.2 Å². The van der Waals surface area contributed by atoms with E-state index >= 15 is 0 Å². The van der Waals surface area contributed by atoms with Crippen LogP contribution in [0.2, 0.25) is 0 Å². The van der Waals surface area contributed by atoms with Gasteiger partial charge >= 0.3 is 0 Å². The fourth-order valence-electron chi connectivity index (χ4n) is 0.505. The van der Waals surface area contributed by atoms with Gasteiger partial charge in [0.25, 0.3) is 0 Å². The van der Waals surface area contributed by atoms with Crippen molar-refractivity contribution in [2.75, 3.05) is 26.8 Å². The first-order valence-electron chi connectivity index (χ1n) is 3.89. The molecule has 5 nitrogen and oxygen atoms in total. The fraction of sp³-hybridized carbons (Fsp3) is 0.750. The van der Waals surface area contributed by atoms with Gasteiger partial charge in [-0.3, -0.25) is 0 Å². The minimum atomic E-state index is 0.119. The molecular formula is C8H12N2O3. The van der Waals surface area contributed by atoms with E-state index in [2.05, 4.69) is 0 Å². The average Bonchev–Trinajstić information content (AvgIpc) is 2.16. The van der Waals surface area contributed by atoms with E-state index in [1.807, 2.05) is 12.1 Å². The molecule has 0 saturated carbocycles. The van der Waals surface area contributed by atoms with Crippen molar-refractivity contribution in [3.8, 4) is 12.1 Å². The summed E-state index contributed by atoms with van der Waals surface area (Å²) in [6.45, 7) is 0.978. The lowest BCUT2D eigenvalue weighted by molar-refractivity contribution is -0.129. The largest absolute Gasteiger partial charge is 0.354 e. The number of nitriles is 2. The monoisotopic (exact) mass is 184 g/mol. The molecule has 0 radical (unpaired) electrons. The summed E-state index contributed by atoms with van der Waals surface area (Å²) in [6, 6.07) is 3.88. The molecule has 0 atom stereocenters. The number of hydrogen-bond donors (Lipinski definition) is 0. The molecule has 0 unspecified atom stereocenters. The Kier molecular flexibility index (Phi) is 9.91. The number of hydrogen-bond acceptors (Lipinski definition) is 5. The maximum atomic E-state index is 8.14. The Bertz CT molecular complexity index is 163. The number of rotatable bonds is 8. The van der Waals surface area contributed by atoms with Crippen molar-refractivity contribution in [3.63, 3.8) is 0 Å². The van der Waals surface area contributed by atoms with Crippen molar-refractivity contribution in [2.24, 2.45) is 0 Å². The number of ether oxygens (including phenoxy) is 3. The van der Waals surface area contributed by atoms with Gasteiger partial charge in [-0.2, -0.15) is 10.5 Å². The van der Waals surface area contributed by atoms with E-state index in [1.54, 1.807) is 0 Å². The van der Waals surface area contributed by atoms with E-state index < -0.39 is 0 Å². The second kappa shape index (κ2) is 10.9. The van der Waals surface area contributed by atoms with E-state index in [0.29, 0.717) is 26.1 Å². The molecule has 13 heavy (non-hydrogen) atoms. The zero-order chi connectivity index (χ0) is 9.78. The molecule has 72 valence electrons. The Morgan fingerprint density at radius 3 is 1.62 bits per heavy atom. The Labute approximate surface area is 77.4 Å². The molecule has 0 N–H and O–H groups in total. The highest BCUT2D eigenvalue weighted by Gasteiger charge is 1.88. The van der Waals surface area contributed by atoms with Crippen molar-refractivity contribution >= 4 is 0 Å². The summed E-state index contributed by atoms with van der Waals surface area (Å²) in [5.41, 5.74) is 0. The lowest BCUT2D eigenvalue weighted by atomic mass is 10.5. The Morgan fingerprint density at radius 1 is 0.769 bits per heavy atom. The molecule has 0 fully saturated rings. The second-order valence-electron chi connectivity index (χ2n) is 2.07. The minimum Gasteiger partial charge on any atom is -0.354 e. The summed E-state index contributed by atoms with van der Waals surface area (Å²) in [6.07, 6.45) is 0.720. The molecule has 0 aliphatic carbocycles. The van der Waals surface area contributed by atoms with Crippen LogP contribution >= 0.6 is 0 Å². The van der Waals surface area contributed by atoms with Crippen LogP contribution in [-0.4, -0.2) is 26.8 Å². The van der Waals surface area contributed by atoms with Crippen molar-refractivity contribution in [1.82, 2.24) is 0 Å². The van der Waals surface area contributed by atoms with Gasteiger partial charge in [-0.25, -0.2) is 0 Å². The standard InChI is InChI=1S/C8H12N2O3/c9-3-1-5-11-7-13-8-12-6-2-4-10/h1-2,5-8H2. The Hall–Kier alpha value is -1.14. The Morgan fingerprint density at radius 2 is 1.23 bits per heavy atom. The third kappa shape index (κ3) is 10.9. The second-order valence-corrected chi connectivity index (χ2v) is 2.07. The summed E-state index contributed by atoms with van der Waals surface area (Å²) in [7, 11) is 0. The highest BCUT2D eigenvalue weighted by Crippen LogP contribution is 1.84. The minimum absolute atomic E-state index is 0.119. The lowest BCUT2D eigenvalue weighted by Crippen LogP contribution is -2.05. The first-order chi connectivity index (χ1) is 6.41. The molecule has 0 aromatic rings. The summed E-state index contributed by atoms with van der Waals surface area (Å²) in [5.74, 6) is 0. The van der Waals surface area contributed by atoms with Crippen LogP contribution in [0.1, 0.15) is 12.8 Å². The molecule has 0 aliphatic heterocycles. The molecule has 0 saturated heterocycles. The highest BCUT2D eigenvalue weighted by molar-refractivity contribution is 4.67. The van der Waals surface area contributed by atoms with Crippen LogP contribution in [0.25, 0.3) is 0 Å². The van der Waals surface area contributed by atoms with E-state index in [-0.39, 0.29) is 13.6 Å². The third-order valence-corrected chi connectivity index (χ3v) is 1.05. The van der Waals surface area contributed by atoms with Gasteiger partial charge in [0.1, 0.15) is 13.6 Å². The van der Waals surface area contributed by atoms with Crippen LogP contribution < -0.4 is 0 Å². The zero-order valence-electron chi connectivity index (χ0n) is 7.36. The molecule has 0 heterocycles. The predicted molar refractivity (Wildman–Crippen MR) is 43.2 cm³/mol. The van der Waals surface area contributed by atoms with Crippen LogP contribution in [0.15, 0.2) is 0 Å². The van der Waals surface area contributed by atoms with Crippen molar-refractivity contribution in [3.05, 3.63) is 0 Å². The molecule has 0 amide bonds. The predicted octanol–water partition coefficient (Wildman–Crippen LogP) is 0.779. The van der Waals surface area contributed by atoms with Gasteiger partial charge in [0.2, 0.25) is 0 Å². The van der Waals surface area contributed by atoms with Gasteiger partial charge in [-0.15, -0.1) is 0 Å². The first-order valence-corrected chi connectivity index (χ1v) is 3.89. The van der Waals surface area contributed by atoms with Gasteiger partial charge in [-0.1, -0.05) is 0 Å². The first kappa shape index (κ1) is 11.9. The van der Waals surface area contributed by atoms with Crippen LogP contribution in [0, 0.1) is 22.7 Å². The quantitative estimate of drug-likeness (QED) is 0.411. The third-order valence-electron chi connectivity index (χ3n) is 1.05. The van der Waals surface area contributed by atoms with Gasteiger partial charge in [0.15, 0.2) is 0 Å². The van der Waals surface area contributed by atoms with Crippen molar-refractivity contribution in [2.45, 2.75) is 12.8 Å². The van der Waals surface area contributed by atoms with E-state index in [0.717, 1.165) is 0 Å².